The van der Waals surface area contributed by atoms with E-state index in [0.717, 1.165) is 23.5 Å². The molecule has 0 atom stereocenters. The van der Waals surface area contributed by atoms with Crippen LogP contribution in [0.1, 0.15) is 15.3 Å². The maximum atomic E-state index is 3.99. The van der Waals surface area contributed by atoms with Crippen molar-refractivity contribution in [3.63, 3.8) is 0 Å². The van der Waals surface area contributed by atoms with Gasteiger partial charge in [-0.3, -0.25) is 5.10 Å². The molecule has 0 unspecified atom stereocenters. The molecular formula is C16H17N3S. The Bertz CT molecular complexity index is 698. The maximum absolute atomic E-state index is 3.99. The molecule has 0 aliphatic rings. The van der Waals surface area contributed by atoms with Crippen molar-refractivity contribution in [2.24, 2.45) is 0 Å². The summed E-state index contributed by atoms with van der Waals surface area (Å²) >= 11 is 1.85. The quantitative estimate of drug-likeness (QED) is 0.746. The van der Waals surface area contributed by atoms with Crippen molar-refractivity contribution < 1.29 is 0 Å². The largest absolute Gasteiger partial charge is 0.381 e. The van der Waals surface area contributed by atoms with Crippen LogP contribution in [0, 0.1) is 13.8 Å². The number of aromatic nitrogens is 2. The Morgan fingerprint density at radius 2 is 2.10 bits per heavy atom. The molecule has 3 nitrogen and oxygen atoms in total. The summed E-state index contributed by atoms with van der Waals surface area (Å²) in [4.78, 5) is 2.75. The minimum absolute atomic E-state index is 0.864. The second-order valence-electron chi connectivity index (χ2n) is 4.84. The first kappa shape index (κ1) is 12.9. The molecular weight excluding hydrogens is 266 g/mol. The number of nitrogens with one attached hydrogen (secondary N) is 2. The molecule has 0 bridgehead atoms. The van der Waals surface area contributed by atoms with E-state index in [9.17, 15) is 0 Å². The van der Waals surface area contributed by atoms with Gasteiger partial charge in [-0.15, -0.1) is 11.3 Å². The van der Waals surface area contributed by atoms with E-state index in [0.29, 0.717) is 0 Å². The van der Waals surface area contributed by atoms with E-state index in [-0.39, 0.29) is 0 Å². The molecule has 0 fully saturated rings. The number of benzene rings is 1. The number of aryl methyl sites for hydroxylation is 2. The highest BCUT2D eigenvalue weighted by Gasteiger charge is 2.04. The van der Waals surface area contributed by atoms with Crippen molar-refractivity contribution in [3.05, 3.63) is 57.9 Å². The lowest BCUT2D eigenvalue weighted by Gasteiger charge is -2.07. The molecule has 0 saturated carbocycles. The molecule has 2 heterocycles. The fraction of sp³-hybridized carbons (Fsp3) is 0.188. The van der Waals surface area contributed by atoms with Crippen molar-refractivity contribution in [2.45, 2.75) is 20.4 Å². The Balaban J connectivity index is 1.75. The van der Waals surface area contributed by atoms with Crippen LogP contribution in [-0.4, -0.2) is 10.2 Å². The zero-order chi connectivity index (χ0) is 13.9. The number of H-pyrrole nitrogens is 1. The van der Waals surface area contributed by atoms with Gasteiger partial charge in [0.1, 0.15) is 0 Å². The lowest BCUT2D eigenvalue weighted by Crippen LogP contribution is -1.99. The number of aromatic amines is 1. The SMILES string of the molecule is Cc1cc(CNc2cccc(-c3ccn[nH]3)c2)c(C)s1. The molecule has 0 radical (unpaired) electrons. The van der Waals surface area contributed by atoms with Gasteiger partial charge in [0.25, 0.3) is 0 Å². The zero-order valence-electron chi connectivity index (χ0n) is 11.6. The molecule has 0 aliphatic heterocycles. The first-order chi connectivity index (χ1) is 9.72. The molecule has 0 amide bonds. The fourth-order valence-corrected chi connectivity index (χ4v) is 3.22. The van der Waals surface area contributed by atoms with Crippen molar-refractivity contribution in [3.8, 4) is 11.3 Å². The van der Waals surface area contributed by atoms with Gasteiger partial charge in [0.05, 0.1) is 5.69 Å². The Morgan fingerprint density at radius 1 is 1.20 bits per heavy atom. The van der Waals surface area contributed by atoms with Crippen molar-refractivity contribution >= 4 is 17.0 Å². The van der Waals surface area contributed by atoms with E-state index in [2.05, 4.69) is 59.7 Å². The summed E-state index contributed by atoms with van der Waals surface area (Å²) in [6, 6.07) is 12.6. The number of rotatable bonds is 4. The van der Waals surface area contributed by atoms with Crippen LogP contribution in [0.15, 0.2) is 42.6 Å². The van der Waals surface area contributed by atoms with E-state index in [1.165, 1.54) is 15.3 Å². The van der Waals surface area contributed by atoms with Crippen molar-refractivity contribution in [1.82, 2.24) is 10.2 Å². The average molecular weight is 283 g/mol. The summed E-state index contributed by atoms with van der Waals surface area (Å²) in [7, 11) is 0. The summed E-state index contributed by atoms with van der Waals surface area (Å²) in [5.74, 6) is 0. The van der Waals surface area contributed by atoms with Gasteiger partial charge in [-0.1, -0.05) is 12.1 Å². The number of hydrogen-bond acceptors (Lipinski definition) is 3. The van der Waals surface area contributed by atoms with E-state index < -0.39 is 0 Å². The monoisotopic (exact) mass is 283 g/mol. The van der Waals surface area contributed by atoms with Gasteiger partial charge in [-0.05, 0) is 43.7 Å². The van der Waals surface area contributed by atoms with Crippen LogP contribution in [0.5, 0.6) is 0 Å². The van der Waals surface area contributed by atoms with Crippen LogP contribution in [-0.2, 0) is 6.54 Å². The number of thiophene rings is 1. The Hall–Kier alpha value is -2.07. The molecule has 20 heavy (non-hydrogen) atoms. The molecule has 1 aromatic carbocycles. The van der Waals surface area contributed by atoms with Gasteiger partial charge in [-0.25, -0.2) is 0 Å². The molecule has 0 saturated heterocycles. The minimum atomic E-state index is 0.864. The summed E-state index contributed by atoms with van der Waals surface area (Å²) in [5.41, 5.74) is 4.68. The van der Waals surface area contributed by atoms with E-state index in [1.54, 1.807) is 6.20 Å². The van der Waals surface area contributed by atoms with Crippen LogP contribution < -0.4 is 5.32 Å². The van der Waals surface area contributed by atoms with Crippen molar-refractivity contribution in [2.75, 3.05) is 5.32 Å². The number of anilines is 1. The van der Waals surface area contributed by atoms with Gasteiger partial charge < -0.3 is 5.32 Å². The lowest BCUT2D eigenvalue weighted by molar-refractivity contribution is 1.09. The van der Waals surface area contributed by atoms with Gasteiger partial charge in [0.2, 0.25) is 0 Å². The molecule has 4 heteroatoms. The fourth-order valence-electron chi connectivity index (χ4n) is 2.27. The summed E-state index contributed by atoms with van der Waals surface area (Å²) in [6.45, 7) is 5.19. The van der Waals surface area contributed by atoms with Crippen LogP contribution in [0.4, 0.5) is 5.69 Å². The highest BCUT2D eigenvalue weighted by atomic mass is 32.1. The van der Waals surface area contributed by atoms with Gasteiger partial charge in [0, 0.05) is 33.7 Å². The van der Waals surface area contributed by atoms with Crippen LogP contribution in [0.2, 0.25) is 0 Å². The second-order valence-corrected chi connectivity index (χ2v) is 6.30. The normalized spacial score (nSPS) is 10.7. The highest BCUT2D eigenvalue weighted by molar-refractivity contribution is 7.12. The van der Waals surface area contributed by atoms with Crippen LogP contribution in [0.25, 0.3) is 11.3 Å². The Kier molecular flexibility index (Phi) is 3.56. The topological polar surface area (TPSA) is 40.7 Å². The third-order valence-corrected chi connectivity index (χ3v) is 4.31. The standard InChI is InChI=1S/C16H17N3S/c1-11-8-14(12(2)20-11)10-17-15-5-3-4-13(9-15)16-6-7-18-19-16/h3-9,17H,10H2,1-2H3,(H,18,19). The molecule has 2 N–H and O–H groups in total. The molecule has 0 aliphatic carbocycles. The molecule has 102 valence electrons. The average Bonchev–Trinajstić information content (AvgIpc) is 3.07. The first-order valence-corrected chi connectivity index (χ1v) is 7.43. The van der Waals surface area contributed by atoms with E-state index >= 15 is 0 Å². The van der Waals surface area contributed by atoms with Gasteiger partial charge >= 0.3 is 0 Å². The predicted molar refractivity (Wildman–Crippen MR) is 85.1 cm³/mol. The van der Waals surface area contributed by atoms with Gasteiger partial charge in [-0.2, -0.15) is 5.10 Å². The molecule has 3 rings (SSSR count). The number of hydrogen-bond donors (Lipinski definition) is 2. The Labute approximate surface area is 122 Å². The number of nitrogens with zero attached hydrogens (tertiary/aromatic N) is 1. The summed E-state index contributed by atoms with van der Waals surface area (Å²) in [6.07, 6.45) is 1.77. The first-order valence-electron chi connectivity index (χ1n) is 6.62. The lowest BCUT2D eigenvalue weighted by atomic mass is 10.1. The molecule has 3 aromatic rings. The summed E-state index contributed by atoms with van der Waals surface area (Å²) in [5, 5.41) is 10.5. The third kappa shape index (κ3) is 2.75. The van der Waals surface area contributed by atoms with Gasteiger partial charge in [0.15, 0.2) is 0 Å². The van der Waals surface area contributed by atoms with Crippen LogP contribution >= 0.6 is 11.3 Å². The Morgan fingerprint density at radius 3 is 2.80 bits per heavy atom. The van der Waals surface area contributed by atoms with E-state index in [1.807, 2.05) is 17.4 Å². The van der Waals surface area contributed by atoms with Crippen LogP contribution in [0.3, 0.4) is 0 Å². The molecule has 0 spiro atoms. The predicted octanol–water partition coefficient (Wildman–Crippen LogP) is 4.37. The molecule has 2 aromatic heterocycles. The highest BCUT2D eigenvalue weighted by Crippen LogP contribution is 2.23. The zero-order valence-corrected chi connectivity index (χ0v) is 12.4. The second kappa shape index (κ2) is 5.51. The minimum Gasteiger partial charge on any atom is -0.381 e. The third-order valence-electron chi connectivity index (χ3n) is 3.30. The maximum Gasteiger partial charge on any atom is 0.0650 e. The van der Waals surface area contributed by atoms with Crippen molar-refractivity contribution in [1.29, 1.82) is 0 Å². The van der Waals surface area contributed by atoms with E-state index in [4.69, 9.17) is 0 Å². The smallest absolute Gasteiger partial charge is 0.0650 e. The summed E-state index contributed by atoms with van der Waals surface area (Å²) < 4.78 is 0.